The van der Waals surface area contributed by atoms with Crippen LogP contribution in [0.25, 0.3) is 0 Å². The fraction of sp³-hybridized carbons (Fsp3) is 0.278. The van der Waals surface area contributed by atoms with Gasteiger partial charge >= 0.3 is 0 Å². The van der Waals surface area contributed by atoms with Crippen LogP contribution < -0.4 is 16.4 Å². The molecule has 0 unspecified atom stereocenters. The minimum Gasteiger partial charge on any atom is -0.366 e. The van der Waals surface area contributed by atoms with Crippen molar-refractivity contribution in [3.8, 4) is 0 Å². The van der Waals surface area contributed by atoms with E-state index in [0.717, 1.165) is 36.6 Å². The Morgan fingerprint density at radius 3 is 2.42 bits per heavy atom. The Kier molecular flexibility index (Phi) is 9.97. The number of carbonyl (C=O) groups excluding carboxylic acids is 1. The number of benzene rings is 1. The van der Waals surface area contributed by atoms with Gasteiger partial charge in [-0.05, 0) is 42.7 Å². The number of nitrogens with two attached hydrogens (primary N) is 1. The van der Waals surface area contributed by atoms with Crippen molar-refractivity contribution in [1.82, 2.24) is 15.6 Å². The van der Waals surface area contributed by atoms with Gasteiger partial charge in [0.25, 0.3) is 0 Å². The molecule has 0 atom stereocenters. The molecule has 2 aromatic rings. The molecule has 1 aromatic carbocycles. The van der Waals surface area contributed by atoms with Gasteiger partial charge in [-0.1, -0.05) is 29.8 Å². The highest BCUT2D eigenvalue weighted by Crippen LogP contribution is 2.06. The van der Waals surface area contributed by atoms with E-state index in [9.17, 15) is 4.79 Å². The average Bonchev–Trinajstić information content (AvgIpc) is 2.61. The first kappa shape index (κ1) is 22.2. The highest BCUT2D eigenvalue weighted by Gasteiger charge is 2.01. The molecule has 8 heteroatoms. The molecule has 0 bridgehead atoms. The van der Waals surface area contributed by atoms with Gasteiger partial charge in [0.1, 0.15) is 5.15 Å². The minimum absolute atomic E-state index is 0. The molecule has 1 amide bonds. The first-order valence-electron chi connectivity index (χ1n) is 8.10. The monoisotopic (exact) mass is 487 g/mol. The molecule has 0 aliphatic carbocycles. The normalized spacial score (nSPS) is 10.8. The van der Waals surface area contributed by atoms with Crippen LogP contribution in [0.1, 0.15) is 28.4 Å². The predicted octanol–water partition coefficient (Wildman–Crippen LogP) is 2.75. The predicted molar refractivity (Wildman–Crippen MR) is 116 cm³/mol. The number of carbonyl (C=O) groups is 1. The molecule has 4 N–H and O–H groups in total. The van der Waals surface area contributed by atoms with Crippen LogP contribution in [0.3, 0.4) is 0 Å². The van der Waals surface area contributed by atoms with Crippen molar-refractivity contribution in [1.29, 1.82) is 0 Å². The zero-order valence-electron chi connectivity index (χ0n) is 14.5. The fourth-order valence-electron chi connectivity index (χ4n) is 2.17. The zero-order chi connectivity index (χ0) is 18.1. The third kappa shape index (κ3) is 7.57. The van der Waals surface area contributed by atoms with Crippen LogP contribution in [-0.2, 0) is 13.0 Å². The summed E-state index contributed by atoms with van der Waals surface area (Å²) in [6.07, 6.45) is 2.59. The van der Waals surface area contributed by atoms with E-state index < -0.39 is 5.91 Å². The third-order valence-corrected chi connectivity index (χ3v) is 3.72. The van der Waals surface area contributed by atoms with Gasteiger partial charge in [-0.2, -0.15) is 0 Å². The molecule has 1 heterocycles. The molecule has 2 rings (SSSR count). The molecule has 6 nitrogen and oxygen atoms in total. The number of rotatable bonds is 7. The summed E-state index contributed by atoms with van der Waals surface area (Å²) in [4.78, 5) is 19.7. The highest BCUT2D eigenvalue weighted by molar-refractivity contribution is 14.0. The summed E-state index contributed by atoms with van der Waals surface area (Å²) in [5.41, 5.74) is 7.84. The number of pyridine rings is 1. The van der Waals surface area contributed by atoms with E-state index in [2.05, 4.69) is 20.6 Å². The lowest BCUT2D eigenvalue weighted by Gasteiger charge is -2.11. The van der Waals surface area contributed by atoms with Gasteiger partial charge in [0.05, 0.1) is 6.54 Å². The van der Waals surface area contributed by atoms with Crippen molar-refractivity contribution in [2.24, 2.45) is 10.7 Å². The van der Waals surface area contributed by atoms with E-state index in [1.807, 2.05) is 25.1 Å². The Morgan fingerprint density at radius 2 is 1.85 bits per heavy atom. The van der Waals surface area contributed by atoms with E-state index in [0.29, 0.717) is 17.3 Å². The largest absolute Gasteiger partial charge is 0.366 e. The topological polar surface area (TPSA) is 92.4 Å². The van der Waals surface area contributed by atoms with E-state index >= 15 is 0 Å². The summed E-state index contributed by atoms with van der Waals surface area (Å²) in [5.74, 6) is 0.310. The van der Waals surface area contributed by atoms with Gasteiger partial charge in [-0.3, -0.25) is 4.79 Å². The van der Waals surface area contributed by atoms with Crippen LogP contribution in [0.5, 0.6) is 0 Å². The number of nitrogens with one attached hydrogen (secondary N) is 2. The molecule has 0 spiro atoms. The number of hydrogen-bond donors (Lipinski definition) is 3. The number of halogens is 2. The summed E-state index contributed by atoms with van der Waals surface area (Å²) < 4.78 is 0. The van der Waals surface area contributed by atoms with Crippen molar-refractivity contribution < 1.29 is 4.79 Å². The standard InChI is InChI=1S/C18H22ClN5O.HI/c1-2-21-18(22-10-9-14-5-8-16(19)23-11-14)24-12-13-3-6-15(7-4-13)17(20)25;/h3-8,11H,2,9-10,12H2,1H3,(H2,20,25)(H2,21,22,24);1H. The Morgan fingerprint density at radius 1 is 1.15 bits per heavy atom. The van der Waals surface area contributed by atoms with E-state index in [1.165, 1.54) is 0 Å². The maximum Gasteiger partial charge on any atom is 0.248 e. The van der Waals surface area contributed by atoms with E-state index in [1.54, 1.807) is 24.4 Å². The number of aromatic nitrogens is 1. The third-order valence-electron chi connectivity index (χ3n) is 3.50. The molecule has 0 fully saturated rings. The van der Waals surface area contributed by atoms with Crippen molar-refractivity contribution in [2.45, 2.75) is 19.9 Å². The molecule has 140 valence electrons. The number of primary amides is 1. The highest BCUT2D eigenvalue weighted by atomic mass is 127. The quantitative estimate of drug-likeness (QED) is 0.242. The van der Waals surface area contributed by atoms with Crippen molar-refractivity contribution in [3.63, 3.8) is 0 Å². The minimum atomic E-state index is -0.429. The van der Waals surface area contributed by atoms with Crippen LogP contribution in [0.4, 0.5) is 0 Å². The Bertz CT molecular complexity index is 719. The molecular weight excluding hydrogens is 465 g/mol. The summed E-state index contributed by atoms with van der Waals surface area (Å²) >= 11 is 5.78. The van der Waals surface area contributed by atoms with Gasteiger partial charge in [-0.15, -0.1) is 24.0 Å². The molecule has 0 aliphatic heterocycles. The molecule has 26 heavy (non-hydrogen) atoms. The van der Waals surface area contributed by atoms with Gasteiger partial charge in [0, 0.05) is 24.8 Å². The second kappa shape index (κ2) is 11.7. The zero-order valence-corrected chi connectivity index (χ0v) is 17.6. The first-order chi connectivity index (χ1) is 12.1. The van der Waals surface area contributed by atoms with Crippen molar-refractivity contribution >= 4 is 47.4 Å². The Hall–Kier alpha value is -1.87. The summed E-state index contributed by atoms with van der Waals surface area (Å²) in [7, 11) is 0. The Balaban J connectivity index is 0.00000338. The van der Waals surface area contributed by atoms with Gasteiger partial charge in [-0.25, -0.2) is 9.98 Å². The smallest absolute Gasteiger partial charge is 0.248 e. The lowest BCUT2D eigenvalue weighted by molar-refractivity contribution is 0.100. The van der Waals surface area contributed by atoms with Crippen LogP contribution >= 0.6 is 35.6 Å². The summed E-state index contributed by atoms with van der Waals surface area (Å²) in [5, 5.41) is 6.99. The fourth-order valence-corrected chi connectivity index (χ4v) is 2.28. The molecule has 0 aliphatic rings. The van der Waals surface area contributed by atoms with Gasteiger partial charge in [0.15, 0.2) is 5.96 Å². The lowest BCUT2D eigenvalue weighted by atomic mass is 10.1. The number of guanidine groups is 1. The maximum absolute atomic E-state index is 11.1. The lowest BCUT2D eigenvalue weighted by Crippen LogP contribution is -2.38. The molecular formula is C18H23ClIN5O. The summed E-state index contributed by atoms with van der Waals surface area (Å²) in [6.45, 7) is 4.03. The summed E-state index contributed by atoms with van der Waals surface area (Å²) in [6, 6.07) is 10.9. The number of hydrogen-bond acceptors (Lipinski definition) is 3. The van der Waals surface area contributed by atoms with Crippen molar-refractivity contribution in [2.75, 3.05) is 13.1 Å². The number of aliphatic imine (C=N–C) groups is 1. The second-order valence-corrected chi connectivity index (χ2v) is 5.81. The Labute approximate surface area is 175 Å². The van der Waals surface area contributed by atoms with Crippen LogP contribution in [0.2, 0.25) is 5.15 Å². The molecule has 0 saturated heterocycles. The average molecular weight is 488 g/mol. The first-order valence-corrected chi connectivity index (χ1v) is 8.47. The maximum atomic E-state index is 11.1. The van der Waals surface area contributed by atoms with Crippen LogP contribution in [0, 0.1) is 0 Å². The molecule has 0 radical (unpaired) electrons. The number of nitrogens with zero attached hydrogens (tertiary/aromatic N) is 2. The van der Waals surface area contributed by atoms with Crippen LogP contribution in [0.15, 0.2) is 47.6 Å². The van der Waals surface area contributed by atoms with E-state index in [-0.39, 0.29) is 24.0 Å². The number of amides is 1. The van der Waals surface area contributed by atoms with Gasteiger partial charge < -0.3 is 16.4 Å². The van der Waals surface area contributed by atoms with Crippen molar-refractivity contribution in [3.05, 3.63) is 64.4 Å². The molecule has 1 aromatic heterocycles. The van der Waals surface area contributed by atoms with Crippen LogP contribution in [-0.4, -0.2) is 29.9 Å². The van der Waals surface area contributed by atoms with Gasteiger partial charge in [0.2, 0.25) is 5.91 Å². The van der Waals surface area contributed by atoms with E-state index in [4.69, 9.17) is 17.3 Å². The second-order valence-electron chi connectivity index (χ2n) is 5.42. The SMILES string of the molecule is CCNC(=NCc1ccc(C(N)=O)cc1)NCCc1ccc(Cl)nc1.I. The molecule has 0 saturated carbocycles.